The van der Waals surface area contributed by atoms with E-state index in [1.807, 2.05) is 0 Å². The normalized spacial score (nSPS) is 38.2. The number of nitrogens with zero attached hydrogens (tertiary/aromatic N) is 2. The Morgan fingerprint density at radius 1 is 1.50 bits per heavy atom. The van der Waals surface area contributed by atoms with Crippen molar-refractivity contribution in [2.24, 2.45) is 4.99 Å². The van der Waals surface area contributed by atoms with Gasteiger partial charge in [0.2, 0.25) is 0 Å². The zero-order valence-corrected chi connectivity index (χ0v) is 12.3. The number of carbonyl (C=O) groups is 1. The third-order valence-electron chi connectivity index (χ3n) is 3.16. The first-order chi connectivity index (χ1) is 9.43. The molecule has 0 aliphatic carbocycles. The average molecular weight is 305 g/mol. The monoisotopic (exact) mass is 305 g/mol. The van der Waals surface area contributed by atoms with Gasteiger partial charge in [0, 0.05) is 21.1 Å². The first-order valence-electron chi connectivity index (χ1n) is 6.19. The van der Waals surface area contributed by atoms with E-state index in [0.29, 0.717) is 5.17 Å². The number of fused-ring (bicyclic) bond motifs is 1. The Labute approximate surface area is 121 Å². The van der Waals surface area contributed by atoms with Crippen LogP contribution in [0.3, 0.4) is 0 Å². The number of rotatable bonds is 2. The van der Waals surface area contributed by atoms with Crippen molar-refractivity contribution in [1.82, 2.24) is 10.2 Å². The van der Waals surface area contributed by atoms with Crippen LogP contribution in [0.1, 0.15) is 0 Å². The number of aliphatic hydroxyl groups is 2. The molecule has 0 aromatic carbocycles. The van der Waals surface area contributed by atoms with Crippen LogP contribution in [0.2, 0.25) is 0 Å². The van der Waals surface area contributed by atoms with E-state index in [2.05, 4.69) is 10.3 Å². The zero-order chi connectivity index (χ0) is 14.9. The average Bonchev–Trinajstić information content (AvgIpc) is 2.84. The second-order valence-corrected chi connectivity index (χ2v) is 5.90. The number of amides is 1. The van der Waals surface area contributed by atoms with Crippen LogP contribution < -0.4 is 5.32 Å². The number of hydrogen-bond donors (Lipinski definition) is 3. The highest BCUT2D eigenvalue weighted by Gasteiger charge is 2.49. The summed E-state index contributed by atoms with van der Waals surface area (Å²) >= 11 is 1.34. The van der Waals surface area contributed by atoms with Gasteiger partial charge in [0.15, 0.2) is 5.17 Å². The summed E-state index contributed by atoms with van der Waals surface area (Å²) in [6, 6.07) is -0.422. The molecule has 9 heteroatoms. The van der Waals surface area contributed by atoms with Gasteiger partial charge in [0.1, 0.15) is 30.4 Å². The lowest BCUT2D eigenvalue weighted by molar-refractivity contribution is -0.168. The molecule has 0 aromatic rings. The molecular formula is C11H19N3O5S. The van der Waals surface area contributed by atoms with Crippen LogP contribution in [0.4, 0.5) is 4.79 Å². The molecule has 0 aromatic heterocycles. The Morgan fingerprint density at radius 2 is 2.20 bits per heavy atom. The number of carbonyl (C=O) groups excluding carboxylic acids is 1. The highest BCUT2D eigenvalue weighted by Crippen LogP contribution is 2.33. The van der Waals surface area contributed by atoms with Crippen molar-refractivity contribution in [2.45, 2.75) is 29.8 Å². The smallest absolute Gasteiger partial charge is 0.409 e. The van der Waals surface area contributed by atoms with Gasteiger partial charge in [-0.1, -0.05) is 11.8 Å². The van der Waals surface area contributed by atoms with Crippen molar-refractivity contribution in [3.8, 4) is 0 Å². The molecule has 2 rings (SSSR count). The van der Waals surface area contributed by atoms with E-state index in [0.717, 1.165) is 0 Å². The summed E-state index contributed by atoms with van der Waals surface area (Å²) in [6.07, 6.45) is -3.43. The SMILES string of the molecule is CN=C1NC2C(OC(COC(=O)N(C)C)C(O)C2O)S1. The minimum Gasteiger partial charge on any atom is -0.447 e. The van der Waals surface area contributed by atoms with E-state index in [-0.39, 0.29) is 12.0 Å². The quantitative estimate of drug-likeness (QED) is 0.590. The molecule has 2 fully saturated rings. The molecule has 1 amide bonds. The highest BCUT2D eigenvalue weighted by atomic mass is 32.2. The molecule has 114 valence electrons. The second-order valence-electron chi connectivity index (χ2n) is 4.81. The van der Waals surface area contributed by atoms with Gasteiger partial charge in [-0.3, -0.25) is 4.99 Å². The van der Waals surface area contributed by atoms with Gasteiger partial charge in [-0.15, -0.1) is 0 Å². The van der Waals surface area contributed by atoms with Gasteiger partial charge in [-0.2, -0.15) is 0 Å². The largest absolute Gasteiger partial charge is 0.447 e. The van der Waals surface area contributed by atoms with Crippen LogP contribution in [-0.2, 0) is 9.47 Å². The summed E-state index contributed by atoms with van der Waals surface area (Å²) < 4.78 is 10.7. The van der Waals surface area contributed by atoms with Crippen molar-refractivity contribution < 1.29 is 24.5 Å². The minimum absolute atomic E-state index is 0.113. The van der Waals surface area contributed by atoms with Crippen molar-refractivity contribution in [1.29, 1.82) is 0 Å². The third-order valence-corrected chi connectivity index (χ3v) is 4.32. The summed E-state index contributed by atoms with van der Waals surface area (Å²) in [7, 11) is 4.75. The minimum atomic E-state index is -1.13. The molecule has 0 bridgehead atoms. The lowest BCUT2D eigenvalue weighted by Gasteiger charge is -2.38. The molecule has 8 nitrogen and oxygen atoms in total. The van der Waals surface area contributed by atoms with E-state index in [1.54, 1.807) is 21.1 Å². The highest BCUT2D eigenvalue weighted by molar-refractivity contribution is 8.14. The van der Waals surface area contributed by atoms with Gasteiger partial charge < -0.3 is 29.9 Å². The van der Waals surface area contributed by atoms with Crippen LogP contribution in [0.15, 0.2) is 4.99 Å². The lowest BCUT2D eigenvalue weighted by atomic mass is 9.98. The van der Waals surface area contributed by atoms with Gasteiger partial charge in [0.25, 0.3) is 0 Å². The van der Waals surface area contributed by atoms with Crippen molar-refractivity contribution in [3.63, 3.8) is 0 Å². The fraction of sp³-hybridized carbons (Fsp3) is 0.818. The first-order valence-corrected chi connectivity index (χ1v) is 7.07. The van der Waals surface area contributed by atoms with Gasteiger partial charge >= 0.3 is 6.09 Å². The van der Waals surface area contributed by atoms with E-state index < -0.39 is 30.4 Å². The Morgan fingerprint density at radius 3 is 2.80 bits per heavy atom. The summed E-state index contributed by atoms with van der Waals surface area (Å²) in [4.78, 5) is 16.6. The molecule has 2 saturated heterocycles. The van der Waals surface area contributed by atoms with Gasteiger partial charge in [0.05, 0.1) is 6.04 Å². The molecule has 20 heavy (non-hydrogen) atoms. The summed E-state index contributed by atoms with van der Waals surface area (Å²) in [5, 5.41) is 23.8. The van der Waals surface area contributed by atoms with Crippen LogP contribution in [-0.4, -0.2) is 83.9 Å². The zero-order valence-electron chi connectivity index (χ0n) is 11.5. The van der Waals surface area contributed by atoms with Crippen LogP contribution in [0.25, 0.3) is 0 Å². The van der Waals surface area contributed by atoms with Crippen LogP contribution in [0, 0.1) is 0 Å². The molecule has 0 radical (unpaired) electrons. The predicted molar refractivity (Wildman–Crippen MR) is 73.6 cm³/mol. The number of ether oxygens (including phenoxy) is 2. The number of aliphatic imine (C=N–C) groups is 1. The topological polar surface area (TPSA) is 104 Å². The van der Waals surface area contributed by atoms with E-state index in [4.69, 9.17) is 9.47 Å². The number of thioether (sulfide) groups is 1. The Hall–Kier alpha value is -1.03. The molecule has 0 spiro atoms. The predicted octanol–water partition coefficient (Wildman–Crippen LogP) is -1.18. The second kappa shape index (κ2) is 6.17. The van der Waals surface area contributed by atoms with Crippen molar-refractivity contribution in [3.05, 3.63) is 0 Å². The Balaban J connectivity index is 1.97. The first kappa shape index (κ1) is 15.4. The number of hydrogen-bond acceptors (Lipinski definition) is 7. The van der Waals surface area contributed by atoms with Gasteiger partial charge in [-0.25, -0.2) is 4.79 Å². The van der Waals surface area contributed by atoms with E-state index in [9.17, 15) is 15.0 Å². The molecule has 5 unspecified atom stereocenters. The molecule has 2 heterocycles. The fourth-order valence-electron chi connectivity index (χ4n) is 2.01. The van der Waals surface area contributed by atoms with Crippen LogP contribution in [0.5, 0.6) is 0 Å². The van der Waals surface area contributed by atoms with E-state index in [1.165, 1.54) is 16.7 Å². The number of aliphatic hydroxyl groups excluding tert-OH is 2. The van der Waals surface area contributed by atoms with Gasteiger partial charge in [-0.05, 0) is 0 Å². The summed E-state index contributed by atoms with van der Waals surface area (Å²) in [6.45, 7) is -0.113. The maximum atomic E-state index is 11.4. The summed E-state index contributed by atoms with van der Waals surface area (Å²) in [5.41, 5.74) is -0.366. The third kappa shape index (κ3) is 3.00. The Bertz CT molecular complexity index is 406. The molecule has 0 saturated carbocycles. The van der Waals surface area contributed by atoms with Crippen molar-refractivity contribution >= 4 is 23.0 Å². The van der Waals surface area contributed by atoms with Crippen molar-refractivity contribution in [2.75, 3.05) is 27.7 Å². The number of nitrogens with one attached hydrogen (secondary N) is 1. The van der Waals surface area contributed by atoms with Crippen LogP contribution >= 0.6 is 11.8 Å². The molecule has 2 aliphatic heterocycles. The molecule has 2 aliphatic rings. The standard InChI is InChI=1S/C11H19N3O5S/c1-12-10-13-6-8(16)7(15)5(19-9(6)20-10)4-18-11(17)14(2)3/h5-9,15-16H,4H2,1-3H3,(H,12,13). The summed E-state index contributed by atoms with van der Waals surface area (Å²) in [5.74, 6) is 0. The fourth-order valence-corrected chi connectivity index (χ4v) is 3.11. The van der Waals surface area contributed by atoms with E-state index >= 15 is 0 Å². The maximum Gasteiger partial charge on any atom is 0.409 e. The molecule has 3 N–H and O–H groups in total. The maximum absolute atomic E-state index is 11.4. The molecule has 5 atom stereocenters. The lowest BCUT2D eigenvalue weighted by Crippen LogP contribution is -2.60. The Kier molecular flexibility index (Phi) is 4.74. The number of amidine groups is 1. The molecular weight excluding hydrogens is 286 g/mol.